The van der Waals surface area contributed by atoms with E-state index in [9.17, 15) is 14.7 Å². The topological polar surface area (TPSA) is 113 Å². The van der Waals surface area contributed by atoms with Crippen molar-refractivity contribution in [1.29, 1.82) is 0 Å². The van der Waals surface area contributed by atoms with E-state index in [0.717, 1.165) is 77.4 Å². The Kier molecular flexibility index (Phi) is 17.4. The summed E-state index contributed by atoms with van der Waals surface area (Å²) in [5.74, 6) is 13.7. The Balaban J connectivity index is 0.000000127. The average molecular weight is 1000 g/mol. The lowest BCUT2D eigenvalue weighted by Gasteiger charge is -2.61. The van der Waals surface area contributed by atoms with Crippen LogP contribution in [-0.4, -0.2) is 59.8 Å². The van der Waals surface area contributed by atoms with Gasteiger partial charge in [-0.25, -0.2) is 0 Å². The molecule has 0 amide bonds. The van der Waals surface area contributed by atoms with Crippen molar-refractivity contribution in [3.05, 3.63) is 23.3 Å². The zero-order chi connectivity index (χ0) is 53.3. The van der Waals surface area contributed by atoms with E-state index < -0.39 is 0 Å². The Morgan fingerprint density at radius 1 is 0.472 bits per heavy atom. The summed E-state index contributed by atoms with van der Waals surface area (Å²) in [6.45, 7) is 40.3. The summed E-state index contributed by atoms with van der Waals surface area (Å²) in [5, 5.41) is 27.8. The molecule has 0 aromatic rings. The van der Waals surface area contributed by atoms with Gasteiger partial charge in [0.15, 0.2) is 0 Å². The lowest BCUT2D eigenvalue weighted by Crippen LogP contribution is -2.56. The molecule has 0 saturated heterocycles. The number of allylic oxidation sites excluding steroid dienone is 2. The number of carbonyl (C=O) groups excluding carboxylic acids is 2. The third kappa shape index (κ3) is 10.9. The van der Waals surface area contributed by atoms with Gasteiger partial charge in [0, 0.05) is 27.1 Å². The van der Waals surface area contributed by atoms with Crippen LogP contribution in [0.25, 0.3) is 0 Å². The van der Waals surface area contributed by atoms with E-state index in [1.807, 2.05) is 0 Å². The van der Waals surface area contributed by atoms with E-state index in [0.29, 0.717) is 88.5 Å². The summed E-state index contributed by atoms with van der Waals surface area (Å²) in [4.78, 5) is 21.4. The van der Waals surface area contributed by atoms with Crippen LogP contribution in [0.1, 0.15) is 208 Å². The number of aliphatic hydroxyl groups is 3. The van der Waals surface area contributed by atoms with Crippen LogP contribution in [0.3, 0.4) is 0 Å². The van der Waals surface area contributed by atoms with Crippen LogP contribution in [0.5, 0.6) is 0 Å². The maximum absolute atomic E-state index is 10.7. The van der Waals surface area contributed by atoms with Crippen molar-refractivity contribution in [3.63, 3.8) is 0 Å². The molecule has 7 heteroatoms. The Morgan fingerprint density at radius 2 is 0.833 bits per heavy atom. The highest BCUT2D eigenvalue weighted by atomic mass is 16.5. The maximum atomic E-state index is 10.7. The molecule has 14 saturated carbocycles. The minimum Gasteiger partial charge on any atom is -0.461 e. The fourth-order valence-corrected chi connectivity index (χ4v) is 18.5. The molecule has 18 rings (SSSR count). The van der Waals surface area contributed by atoms with Crippen molar-refractivity contribution in [3.8, 4) is 0 Å². The normalized spacial score (nSPS) is 43.4. The van der Waals surface area contributed by atoms with Gasteiger partial charge in [-0.15, -0.1) is 0 Å². The first-order valence-electron chi connectivity index (χ1n) is 30.0. The van der Waals surface area contributed by atoms with Gasteiger partial charge in [-0.2, -0.15) is 0 Å². The van der Waals surface area contributed by atoms with Crippen molar-refractivity contribution < 1.29 is 34.4 Å². The molecule has 18 aliphatic rings. The van der Waals surface area contributed by atoms with Gasteiger partial charge in [0.2, 0.25) is 0 Å². The minimum absolute atomic E-state index is 0.00762. The first kappa shape index (κ1) is 58.0. The summed E-state index contributed by atoms with van der Waals surface area (Å²) in [6, 6.07) is 0. The van der Waals surface area contributed by atoms with E-state index >= 15 is 0 Å². The third-order valence-electron chi connectivity index (χ3n) is 25.6. The zero-order valence-corrected chi connectivity index (χ0v) is 49.2. The molecule has 0 radical (unpaired) electrons. The highest BCUT2D eigenvalue weighted by Crippen LogP contribution is 2.65. The number of ether oxygens (including phenoxy) is 2. The fourth-order valence-electron chi connectivity index (χ4n) is 18.5. The van der Waals surface area contributed by atoms with Gasteiger partial charge >= 0.3 is 11.9 Å². The van der Waals surface area contributed by atoms with Gasteiger partial charge in [-0.3, -0.25) is 9.59 Å². The lowest BCUT2D eigenvalue weighted by atomic mass is 9.44. The molecule has 9 unspecified atom stereocenters. The third-order valence-corrected chi connectivity index (χ3v) is 25.6. The number of esters is 2. The largest absolute Gasteiger partial charge is 0.461 e. The van der Waals surface area contributed by atoms with Gasteiger partial charge in [0.05, 0.1) is 6.10 Å². The molecule has 14 fully saturated rings. The van der Waals surface area contributed by atoms with Gasteiger partial charge in [0.25, 0.3) is 0 Å². The van der Waals surface area contributed by atoms with Crippen molar-refractivity contribution >= 4 is 11.9 Å². The molecule has 0 spiro atoms. The molecule has 412 valence electrons. The second kappa shape index (κ2) is 21.6. The summed E-state index contributed by atoms with van der Waals surface area (Å²) in [6.07, 6.45) is 22.9. The number of hydrogen-bond acceptors (Lipinski definition) is 7. The Hall–Kier alpha value is -1.70. The molecular weight excluding hydrogens is 893 g/mol. The number of hydrogen-bond donors (Lipinski definition) is 3. The minimum atomic E-state index is -0.176. The van der Waals surface area contributed by atoms with Crippen LogP contribution in [-0.2, 0) is 19.1 Å². The molecule has 7 nitrogen and oxygen atoms in total. The highest BCUT2D eigenvalue weighted by Gasteiger charge is 2.58. The Morgan fingerprint density at radius 3 is 1.08 bits per heavy atom. The van der Waals surface area contributed by atoms with Crippen molar-refractivity contribution in [2.75, 3.05) is 26.4 Å². The van der Waals surface area contributed by atoms with Crippen molar-refractivity contribution in [2.24, 2.45) is 133 Å². The van der Waals surface area contributed by atoms with Crippen LogP contribution in [0.15, 0.2) is 23.3 Å². The first-order chi connectivity index (χ1) is 33.4. The zero-order valence-electron chi connectivity index (χ0n) is 49.2. The summed E-state index contributed by atoms with van der Waals surface area (Å²) >= 11 is 0. The molecule has 0 aromatic heterocycles. The molecule has 0 aliphatic heterocycles. The molecule has 72 heavy (non-hydrogen) atoms. The summed E-state index contributed by atoms with van der Waals surface area (Å²) in [7, 11) is 0. The van der Waals surface area contributed by atoms with Crippen LogP contribution in [0, 0.1) is 133 Å². The lowest BCUT2D eigenvalue weighted by molar-refractivity contribution is -0.154. The number of aliphatic hydroxyl groups excluding tert-OH is 3. The van der Waals surface area contributed by atoms with Crippen LogP contribution in [0.4, 0.5) is 0 Å². The van der Waals surface area contributed by atoms with E-state index in [2.05, 4.69) is 116 Å². The smallest absolute Gasteiger partial charge is 0.302 e. The van der Waals surface area contributed by atoms with Gasteiger partial charge in [-0.1, -0.05) is 116 Å². The van der Waals surface area contributed by atoms with Gasteiger partial charge < -0.3 is 24.8 Å². The molecule has 18 atom stereocenters. The van der Waals surface area contributed by atoms with Gasteiger partial charge in [0.1, 0.15) is 13.2 Å². The van der Waals surface area contributed by atoms with Crippen molar-refractivity contribution in [2.45, 2.75) is 214 Å². The number of fused-ring (bicyclic) bond motifs is 10. The predicted octanol–water partition coefficient (Wildman–Crippen LogP) is 14.6. The summed E-state index contributed by atoms with van der Waals surface area (Å²) < 4.78 is 10.1. The molecular formula is C65H110O7. The molecule has 3 N–H and O–H groups in total. The highest BCUT2D eigenvalue weighted by molar-refractivity contribution is 5.66. The van der Waals surface area contributed by atoms with Crippen LogP contribution < -0.4 is 0 Å². The fraction of sp³-hybridized carbons (Fsp3) is 0.908. The van der Waals surface area contributed by atoms with Gasteiger partial charge in [-0.05, 0) is 234 Å². The first-order valence-corrected chi connectivity index (χ1v) is 30.0. The monoisotopic (exact) mass is 1000 g/mol. The molecule has 0 heterocycles. The second-order valence-corrected chi connectivity index (χ2v) is 30.4. The Bertz CT molecular complexity index is 1790. The quantitative estimate of drug-likeness (QED) is 0.179. The number of carbonyl (C=O) groups is 2. The van der Waals surface area contributed by atoms with E-state index in [1.54, 1.807) is 0 Å². The maximum Gasteiger partial charge on any atom is 0.302 e. The second-order valence-electron chi connectivity index (χ2n) is 30.4. The molecule has 12 bridgehead atoms. The van der Waals surface area contributed by atoms with Crippen molar-refractivity contribution in [1.82, 2.24) is 0 Å². The van der Waals surface area contributed by atoms with E-state index in [1.165, 1.54) is 108 Å². The Labute approximate surface area is 441 Å². The standard InChI is InChI=1S/2C12H18O2.C11H20.3C10H18O/c2*1-8(13)14-7-9-4-5-10-6-11(9)12(10,2)3;1-7-5-9-6-10(8(7)2)11(9,3)4;1-6-8-4-7(5-9(6)11)10(8,2)3;2*1-10(2)8-4-3-7(6-11)9(10)5-8/h2*4,10-11H,5-7H2,1-3H3;7-10H,5-6H2,1-4H3;6-9,11H,4-5H2,1-3H3;2*7-9,11H,3-6H2,1-2H3/t10-,11-;;;6-,7+,8-,9-;7-,8+,9+;/m1..01./s1. The van der Waals surface area contributed by atoms with E-state index in [-0.39, 0.29) is 18.0 Å². The molecule has 18 aliphatic carbocycles. The van der Waals surface area contributed by atoms with Crippen LogP contribution in [0.2, 0.25) is 0 Å². The predicted molar refractivity (Wildman–Crippen MR) is 293 cm³/mol. The molecule has 0 aromatic carbocycles. The SMILES string of the molecule is CC(=O)OCC1=CCC2CC1C2(C)C.CC(=O)OCC1=CC[C@@H]2C[C@H]1C2(C)C.CC1(C)C2CCC(CO)C1C2.CC1(C)[C@H]2CC[C@H](CO)[C@@H]1C2.CC1CC2CC(C1C)C2(C)C.C[C@@H]1[C@@H](O)C[C@H]2C[C@@H]1C2(C)C. The number of rotatable bonds is 6. The average Bonchev–Trinajstić information content (AvgIpc) is 3.34. The summed E-state index contributed by atoms with van der Waals surface area (Å²) in [5.41, 5.74) is 5.86. The van der Waals surface area contributed by atoms with E-state index in [4.69, 9.17) is 19.7 Å². The van der Waals surface area contributed by atoms with Crippen LogP contribution >= 0.6 is 0 Å².